The van der Waals surface area contributed by atoms with Gasteiger partial charge in [0.1, 0.15) is 11.4 Å². The number of hydrogen-bond donors (Lipinski definition) is 0. The molecule has 4 nitrogen and oxygen atoms in total. The van der Waals surface area contributed by atoms with Gasteiger partial charge in [0.25, 0.3) is 11.5 Å². The molecule has 1 amide bonds. The molecular weight excluding hydrogens is 272 g/mol. The third kappa shape index (κ3) is 1.21. The predicted molar refractivity (Wildman–Crippen MR) is 64.6 cm³/mol. The van der Waals surface area contributed by atoms with Gasteiger partial charge < -0.3 is 4.90 Å². The van der Waals surface area contributed by atoms with Gasteiger partial charge in [0.15, 0.2) is 0 Å². The Morgan fingerprint density at radius 1 is 1.31 bits per heavy atom. The Morgan fingerprint density at radius 2 is 1.88 bits per heavy atom. The van der Waals surface area contributed by atoms with Gasteiger partial charge in [-0.05, 0) is 48.3 Å². The Bertz CT molecular complexity index is 546. The summed E-state index contributed by atoms with van der Waals surface area (Å²) in [7, 11) is 1.71. The van der Waals surface area contributed by atoms with E-state index >= 15 is 0 Å². The van der Waals surface area contributed by atoms with Crippen LogP contribution in [0.2, 0.25) is 0 Å². The molecule has 0 aliphatic carbocycles. The van der Waals surface area contributed by atoms with E-state index in [9.17, 15) is 9.59 Å². The second-order valence-corrected chi connectivity index (χ2v) is 5.38. The lowest BCUT2D eigenvalue weighted by atomic mass is 10.2. The van der Waals surface area contributed by atoms with Crippen molar-refractivity contribution < 1.29 is 4.79 Å². The van der Waals surface area contributed by atoms with Crippen molar-refractivity contribution in [2.75, 3.05) is 7.05 Å². The first-order valence-electron chi connectivity index (χ1n) is 4.99. The molecule has 0 saturated heterocycles. The van der Waals surface area contributed by atoms with Gasteiger partial charge in [-0.3, -0.25) is 14.2 Å². The largest absolute Gasteiger partial charge is 0.317 e. The Morgan fingerprint density at radius 3 is 2.44 bits per heavy atom. The molecule has 0 fully saturated rings. The van der Waals surface area contributed by atoms with Crippen LogP contribution in [0.25, 0.3) is 0 Å². The summed E-state index contributed by atoms with van der Waals surface area (Å²) in [5.41, 5.74) is 0.524. The van der Waals surface area contributed by atoms with E-state index in [1.165, 1.54) is 0 Å². The summed E-state index contributed by atoms with van der Waals surface area (Å²) >= 11 is 3.23. The molecule has 1 aliphatic heterocycles. The van der Waals surface area contributed by atoms with Crippen LogP contribution in [-0.2, 0) is 5.66 Å². The minimum Gasteiger partial charge on any atom is -0.317 e. The van der Waals surface area contributed by atoms with Gasteiger partial charge in [-0.2, -0.15) is 0 Å². The normalized spacial score (nSPS) is 17.8. The summed E-state index contributed by atoms with van der Waals surface area (Å²) in [6.07, 6.45) is 0. The highest BCUT2D eigenvalue weighted by molar-refractivity contribution is 9.10. The van der Waals surface area contributed by atoms with Crippen LogP contribution in [0.5, 0.6) is 0 Å². The zero-order valence-electron chi connectivity index (χ0n) is 9.67. The van der Waals surface area contributed by atoms with E-state index in [0.29, 0.717) is 10.2 Å². The van der Waals surface area contributed by atoms with Crippen molar-refractivity contribution in [3.05, 3.63) is 32.2 Å². The fourth-order valence-electron chi connectivity index (χ4n) is 2.05. The van der Waals surface area contributed by atoms with Crippen LogP contribution in [0.15, 0.2) is 15.3 Å². The molecule has 0 bridgehead atoms. The first-order valence-corrected chi connectivity index (χ1v) is 5.78. The molecule has 1 aliphatic rings. The second-order valence-electron chi connectivity index (χ2n) is 4.52. The number of carbonyl (C=O) groups is 1. The average Bonchev–Trinajstić information content (AvgIpc) is 2.36. The number of aromatic nitrogens is 1. The fourth-order valence-corrected chi connectivity index (χ4v) is 2.57. The highest BCUT2D eigenvalue weighted by Gasteiger charge is 2.42. The summed E-state index contributed by atoms with van der Waals surface area (Å²) in [6.45, 7) is 5.55. The van der Waals surface area contributed by atoms with E-state index in [0.717, 1.165) is 5.56 Å². The van der Waals surface area contributed by atoms with Crippen molar-refractivity contribution in [3.63, 3.8) is 0 Å². The topological polar surface area (TPSA) is 42.3 Å². The number of halogens is 1. The fraction of sp³-hybridized carbons (Fsp3) is 0.455. The van der Waals surface area contributed by atoms with Crippen molar-refractivity contribution in [3.8, 4) is 0 Å². The molecule has 1 aromatic rings. The number of rotatable bonds is 0. The Hall–Kier alpha value is -1.10. The molecule has 5 heteroatoms. The lowest BCUT2D eigenvalue weighted by Crippen LogP contribution is -2.43. The Kier molecular flexibility index (Phi) is 2.28. The third-order valence-corrected chi connectivity index (χ3v) is 3.79. The number of hydrogen-bond acceptors (Lipinski definition) is 2. The molecule has 0 unspecified atom stereocenters. The molecule has 0 radical (unpaired) electrons. The molecule has 0 saturated carbocycles. The predicted octanol–water partition coefficient (Wildman–Crippen LogP) is 1.70. The molecule has 2 heterocycles. The minimum atomic E-state index is -0.613. The summed E-state index contributed by atoms with van der Waals surface area (Å²) in [5.74, 6) is -0.105. The third-order valence-electron chi connectivity index (χ3n) is 3.22. The van der Waals surface area contributed by atoms with E-state index in [4.69, 9.17) is 0 Å². The number of carbonyl (C=O) groups excluding carboxylic acids is 1. The maximum Gasteiger partial charge on any atom is 0.272 e. The van der Waals surface area contributed by atoms with Crippen LogP contribution >= 0.6 is 15.9 Å². The quantitative estimate of drug-likeness (QED) is 0.728. The summed E-state index contributed by atoms with van der Waals surface area (Å²) in [6, 6.07) is 1.70. The van der Waals surface area contributed by atoms with Gasteiger partial charge in [-0.1, -0.05) is 0 Å². The number of nitrogens with zero attached hydrogens (tertiary/aromatic N) is 2. The standard InChI is InChI=1S/C11H13BrN2O2/c1-6-5-7(12)9(15)14-8(6)10(16)13(4)11(14,2)3/h5H,1-4H3. The number of amides is 1. The van der Waals surface area contributed by atoms with Crippen molar-refractivity contribution >= 4 is 21.8 Å². The van der Waals surface area contributed by atoms with E-state index in [1.807, 2.05) is 20.8 Å². The summed E-state index contributed by atoms with van der Waals surface area (Å²) in [4.78, 5) is 25.7. The van der Waals surface area contributed by atoms with Crippen LogP contribution in [0.1, 0.15) is 29.9 Å². The van der Waals surface area contributed by atoms with Crippen molar-refractivity contribution in [1.82, 2.24) is 9.47 Å². The Labute approximate surface area is 102 Å². The molecular formula is C11H13BrN2O2. The second kappa shape index (κ2) is 3.20. The lowest BCUT2D eigenvalue weighted by Gasteiger charge is -2.29. The zero-order valence-corrected chi connectivity index (χ0v) is 11.3. The number of aryl methyl sites for hydroxylation is 1. The average molecular weight is 285 g/mol. The minimum absolute atomic E-state index is 0.105. The SMILES string of the molecule is Cc1cc(Br)c(=O)n2c1C(=O)N(C)C2(C)C. The van der Waals surface area contributed by atoms with Crippen LogP contribution < -0.4 is 5.56 Å². The summed E-state index contributed by atoms with van der Waals surface area (Å²) < 4.78 is 2.04. The molecule has 16 heavy (non-hydrogen) atoms. The van der Waals surface area contributed by atoms with Gasteiger partial charge in [-0.25, -0.2) is 0 Å². The van der Waals surface area contributed by atoms with E-state index in [1.54, 1.807) is 22.6 Å². The van der Waals surface area contributed by atoms with Crippen molar-refractivity contribution in [2.45, 2.75) is 26.4 Å². The van der Waals surface area contributed by atoms with Crippen LogP contribution in [-0.4, -0.2) is 22.4 Å². The van der Waals surface area contributed by atoms with Gasteiger partial charge in [0.2, 0.25) is 0 Å². The van der Waals surface area contributed by atoms with E-state index in [-0.39, 0.29) is 11.5 Å². The monoisotopic (exact) mass is 284 g/mol. The molecule has 86 valence electrons. The van der Waals surface area contributed by atoms with Crippen molar-refractivity contribution in [1.29, 1.82) is 0 Å². The van der Waals surface area contributed by atoms with E-state index in [2.05, 4.69) is 15.9 Å². The van der Waals surface area contributed by atoms with Gasteiger partial charge in [-0.15, -0.1) is 0 Å². The van der Waals surface area contributed by atoms with Crippen LogP contribution in [0.3, 0.4) is 0 Å². The molecule has 2 rings (SSSR count). The first-order chi connectivity index (χ1) is 7.28. The molecule has 0 N–H and O–H groups in total. The van der Waals surface area contributed by atoms with Crippen molar-refractivity contribution in [2.24, 2.45) is 0 Å². The van der Waals surface area contributed by atoms with Crippen LogP contribution in [0.4, 0.5) is 0 Å². The lowest BCUT2D eigenvalue weighted by molar-refractivity contribution is 0.0607. The van der Waals surface area contributed by atoms with Crippen LogP contribution in [0, 0.1) is 6.92 Å². The van der Waals surface area contributed by atoms with Gasteiger partial charge in [0.05, 0.1) is 4.47 Å². The molecule has 0 atom stereocenters. The summed E-state index contributed by atoms with van der Waals surface area (Å²) in [5, 5.41) is 0. The maximum absolute atomic E-state index is 12.1. The smallest absolute Gasteiger partial charge is 0.272 e. The Balaban J connectivity index is 2.93. The first kappa shape index (κ1) is 11.4. The molecule has 0 aromatic carbocycles. The van der Waals surface area contributed by atoms with Gasteiger partial charge >= 0.3 is 0 Å². The zero-order chi connectivity index (χ0) is 12.2. The highest BCUT2D eigenvalue weighted by Crippen LogP contribution is 2.31. The van der Waals surface area contributed by atoms with E-state index < -0.39 is 5.66 Å². The number of pyridine rings is 1. The van der Waals surface area contributed by atoms with Gasteiger partial charge in [0, 0.05) is 7.05 Å². The molecule has 0 spiro atoms. The molecule has 1 aromatic heterocycles. The number of fused-ring (bicyclic) bond motifs is 1. The highest BCUT2D eigenvalue weighted by atomic mass is 79.9. The maximum atomic E-state index is 12.1.